The number of hydrogen-bond donors (Lipinski definition) is 0. The van der Waals surface area contributed by atoms with Crippen LogP contribution >= 0.6 is 0 Å². The lowest BCUT2D eigenvalue weighted by Gasteiger charge is -2.21. The van der Waals surface area contributed by atoms with Gasteiger partial charge in [0.1, 0.15) is 0 Å². The van der Waals surface area contributed by atoms with Gasteiger partial charge in [0, 0.05) is 5.57 Å². The van der Waals surface area contributed by atoms with Crippen molar-refractivity contribution in [3.63, 3.8) is 0 Å². The van der Waals surface area contributed by atoms with Gasteiger partial charge in [-0.2, -0.15) is 0 Å². The minimum absolute atomic E-state index is 0.128. The van der Waals surface area contributed by atoms with E-state index in [-0.39, 0.29) is 5.97 Å². The summed E-state index contributed by atoms with van der Waals surface area (Å²) in [7, 11) is 0. The molecule has 0 bridgehead atoms. The molecule has 0 aromatic carbocycles. The highest BCUT2D eigenvalue weighted by atomic mass is 16.5. The van der Waals surface area contributed by atoms with Gasteiger partial charge in [0.25, 0.3) is 0 Å². The van der Waals surface area contributed by atoms with Crippen molar-refractivity contribution in [3.8, 4) is 0 Å². The average molecular weight is 196 g/mol. The summed E-state index contributed by atoms with van der Waals surface area (Å²) in [5.74, 6) is 0.686. The number of ether oxygens (including phenoxy) is 1. The molecule has 0 amide bonds. The predicted octanol–water partition coefficient (Wildman–Crippen LogP) is 3.08. The molecule has 1 rings (SSSR count). The van der Waals surface area contributed by atoms with Crippen molar-refractivity contribution in [2.45, 2.75) is 46.5 Å². The molecule has 0 N–H and O–H groups in total. The van der Waals surface area contributed by atoms with E-state index < -0.39 is 0 Å². The lowest BCUT2D eigenvalue weighted by molar-refractivity contribution is -0.138. The Morgan fingerprint density at radius 2 is 2.00 bits per heavy atom. The van der Waals surface area contributed by atoms with Crippen molar-refractivity contribution in [3.05, 3.63) is 11.1 Å². The van der Waals surface area contributed by atoms with E-state index in [0.29, 0.717) is 6.61 Å². The summed E-state index contributed by atoms with van der Waals surface area (Å²) in [5.41, 5.74) is 2.15. The van der Waals surface area contributed by atoms with Crippen LogP contribution in [0.2, 0.25) is 0 Å². The van der Waals surface area contributed by atoms with Crippen LogP contribution in [0, 0.1) is 5.92 Å². The summed E-state index contributed by atoms with van der Waals surface area (Å²) in [4.78, 5) is 11.4. The molecule has 0 heterocycles. The van der Waals surface area contributed by atoms with Crippen LogP contribution in [0.3, 0.4) is 0 Å². The van der Waals surface area contributed by atoms with Gasteiger partial charge in [0.15, 0.2) is 0 Å². The molecule has 0 unspecified atom stereocenters. The van der Waals surface area contributed by atoms with Gasteiger partial charge in [0.05, 0.1) is 6.61 Å². The second kappa shape index (κ2) is 5.18. The first-order valence-corrected chi connectivity index (χ1v) is 5.50. The third kappa shape index (κ3) is 2.86. The minimum atomic E-state index is -0.128. The quantitative estimate of drug-likeness (QED) is 0.501. The first-order valence-electron chi connectivity index (χ1n) is 5.50. The third-order valence-electron chi connectivity index (χ3n) is 2.99. The molecule has 1 saturated carbocycles. The highest BCUT2D eigenvalue weighted by Crippen LogP contribution is 2.29. The number of carbonyl (C=O) groups excluding carboxylic acids is 1. The third-order valence-corrected chi connectivity index (χ3v) is 2.99. The smallest absolute Gasteiger partial charge is 0.333 e. The van der Waals surface area contributed by atoms with Gasteiger partial charge in [-0.15, -0.1) is 0 Å². The molecule has 2 nitrogen and oxygen atoms in total. The zero-order valence-electron chi connectivity index (χ0n) is 9.43. The maximum absolute atomic E-state index is 11.4. The predicted molar refractivity (Wildman–Crippen MR) is 57.0 cm³/mol. The Balaban J connectivity index is 2.59. The van der Waals surface area contributed by atoms with E-state index in [1.807, 2.05) is 13.8 Å². The van der Waals surface area contributed by atoms with Crippen molar-refractivity contribution < 1.29 is 9.53 Å². The number of carbonyl (C=O) groups is 1. The summed E-state index contributed by atoms with van der Waals surface area (Å²) >= 11 is 0. The molecule has 1 aliphatic rings. The van der Waals surface area contributed by atoms with Gasteiger partial charge in [0.2, 0.25) is 0 Å². The molecule has 2 heteroatoms. The highest BCUT2D eigenvalue weighted by Gasteiger charge is 2.17. The maximum atomic E-state index is 11.4. The van der Waals surface area contributed by atoms with Gasteiger partial charge in [-0.1, -0.05) is 12.5 Å². The summed E-state index contributed by atoms with van der Waals surface area (Å²) < 4.78 is 4.99. The topological polar surface area (TPSA) is 26.3 Å². The Labute approximate surface area is 86.3 Å². The van der Waals surface area contributed by atoms with Gasteiger partial charge in [-0.3, -0.25) is 0 Å². The van der Waals surface area contributed by atoms with Crippen molar-refractivity contribution in [2.24, 2.45) is 5.92 Å². The van der Waals surface area contributed by atoms with E-state index in [2.05, 4.69) is 6.92 Å². The lowest BCUT2D eigenvalue weighted by atomic mass is 9.85. The van der Waals surface area contributed by atoms with E-state index >= 15 is 0 Å². The van der Waals surface area contributed by atoms with E-state index in [4.69, 9.17) is 4.74 Å². The van der Waals surface area contributed by atoms with Crippen molar-refractivity contribution >= 4 is 5.97 Å². The van der Waals surface area contributed by atoms with Crippen molar-refractivity contribution in [1.82, 2.24) is 0 Å². The van der Waals surface area contributed by atoms with Crippen LogP contribution in [0.25, 0.3) is 0 Å². The Hall–Kier alpha value is -0.790. The molecule has 1 fully saturated rings. The zero-order valence-corrected chi connectivity index (χ0v) is 9.43. The number of rotatable bonds is 2. The zero-order chi connectivity index (χ0) is 10.6. The minimum Gasteiger partial charge on any atom is -0.463 e. The first kappa shape index (κ1) is 11.3. The Kier molecular flexibility index (Phi) is 4.18. The molecule has 1 aliphatic carbocycles. The summed E-state index contributed by atoms with van der Waals surface area (Å²) in [5, 5.41) is 0. The number of esters is 1. The molecule has 0 saturated heterocycles. The van der Waals surface area contributed by atoms with Gasteiger partial charge < -0.3 is 4.74 Å². The van der Waals surface area contributed by atoms with Gasteiger partial charge >= 0.3 is 5.97 Å². The molecular formula is C12H20O2. The van der Waals surface area contributed by atoms with Crippen LogP contribution in [-0.4, -0.2) is 12.6 Å². The fourth-order valence-electron chi connectivity index (χ4n) is 1.87. The Bertz CT molecular complexity index is 231. The molecular weight excluding hydrogens is 176 g/mol. The van der Waals surface area contributed by atoms with Crippen LogP contribution in [-0.2, 0) is 9.53 Å². The van der Waals surface area contributed by atoms with Crippen LogP contribution in [0.5, 0.6) is 0 Å². The lowest BCUT2D eigenvalue weighted by Crippen LogP contribution is -2.12. The molecule has 0 aromatic rings. The fraction of sp³-hybridized carbons (Fsp3) is 0.750. The number of allylic oxidation sites excluding steroid dienone is 1. The van der Waals surface area contributed by atoms with Crippen LogP contribution in [0.4, 0.5) is 0 Å². The molecule has 0 aliphatic heterocycles. The largest absolute Gasteiger partial charge is 0.463 e. The molecule has 80 valence electrons. The molecule has 0 aromatic heterocycles. The van der Waals surface area contributed by atoms with Gasteiger partial charge in [-0.25, -0.2) is 4.79 Å². The van der Waals surface area contributed by atoms with Gasteiger partial charge in [-0.05, 0) is 45.4 Å². The number of hydrogen-bond acceptors (Lipinski definition) is 2. The molecule has 0 spiro atoms. The second-order valence-corrected chi connectivity index (χ2v) is 4.13. The van der Waals surface area contributed by atoms with Crippen LogP contribution < -0.4 is 0 Å². The normalized spacial score (nSPS) is 21.9. The monoisotopic (exact) mass is 196 g/mol. The highest BCUT2D eigenvalue weighted by molar-refractivity contribution is 5.88. The SMILES string of the molecule is CCOC(=O)C(C)=C1CCC(C)CC1. The first-order chi connectivity index (χ1) is 6.65. The van der Waals surface area contributed by atoms with Crippen LogP contribution in [0.15, 0.2) is 11.1 Å². The summed E-state index contributed by atoms with van der Waals surface area (Å²) in [6, 6.07) is 0. The van der Waals surface area contributed by atoms with Crippen molar-refractivity contribution in [1.29, 1.82) is 0 Å². The van der Waals surface area contributed by atoms with E-state index in [1.54, 1.807) is 0 Å². The second-order valence-electron chi connectivity index (χ2n) is 4.13. The fourth-order valence-corrected chi connectivity index (χ4v) is 1.87. The van der Waals surface area contributed by atoms with Crippen molar-refractivity contribution in [2.75, 3.05) is 6.61 Å². The standard InChI is InChI=1S/C12H20O2/c1-4-14-12(13)10(3)11-7-5-9(2)6-8-11/h9H,4-8H2,1-3H3. The Morgan fingerprint density at radius 3 is 2.50 bits per heavy atom. The molecule has 0 radical (unpaired) electrons. The Morgan fingerprint density at radius 1 is 1.43 bits per heavy atom. The van der Waals surface area contributed by atoms with E-state index in [9.17, 15) is 4.79 Å². The molecule has 14 heavy (non-hydrogen) atoms. The summed E-state index contributed by atoms with van der Waals surface area (Å²) in [6.07, 6.45) is 4.58. The molecule has 0 atom stereocenters. The van der Waals surface area contributed by atoms with Crippen LogP contribution in [0.1, 0.15) is 46.5 Å². The average Bonchev–Trinajstić information content (AvgIpc) is 2.18. The van der Waals surface area contributed by atoms with E-state index in [1.165, 1.54) is 18.4 Å². The summed E-state index contributed by atoms with van der Waals surface area (Å²) in [6.45, 7) is 6.48. The maximum Gasteiger partial charge on any atom is 0.333 e. The van der Waals surface area contributed by atoms with E-state index in [0.717, 1.165) is 24.3 Å².